The number of halogens is 1. The fourth-order valence-corrected chi connectivity index (χ4v) is 5.91. The highest BCUT2D eigenvalue weighted by Crippen LogP contribution is 2.32. The summed E-state index contributed by atoms with van der Waals surface area (Å²) in [5.41, 5.74) is 3.07. The van der Waals surface area contributed by atoms with Gasteiger partial charge in [0.25, 0.3) is 0 Å². The van der Waals surface area contributed by atoms with Gasteiger partial charge in [-0.15, -0.1) is 0 Å². The van der Waals surface area contributed by atoms with Crippen LogP contribution in [0, 0.1) is 5.82 Å². The van der Waals surface area contributed by atoms with E-state index in [0.717, 1.165) is 56.0 Å². The number of likely N-dealkylation sites (N-methyl/N-ethyl adjacent to an activating group) is 1. The number of rotatable bonds is 5. The van der Waals surface area contributed by atoms with E-state index in [2.05, 4.69) is 21.6 Å². The molecule has 33 heavy (non-hydrogen) atoms. The van der Waals surface area contributed by atoms with Crippen molar-refractivity contribution in [3.05, 3.63) is 53.3 Å². The van der Waals surface area contributed by atoms with Gasteiger partial charge in [-0.05, 0) is 74.3 Å². The average Bonchev–Trinajstić information content (AvgIpc) is 2.78. The number of benzene rings is 2. The molecule has 7 nitrogen and oxygen atoms in total. The molecule has 0 aromatic heterocycles. The van der Waals surface area contributed by atoms with Gasteiger partial charge in [-0.3, -0.25) is 4.79 Å². The average molecular weight is 475 g/mol. The van der Waals surface area contributed by atoms with Gasteiger partial charge in [0.05, 0.1) is 4.90 Å². The predicted molar refractivity (Wildman–Crippen MR) is 128 cm³/mol. The van der Waals surface area contributed by atoms with Crippen LogP contribution in [-0.2, 0) is 21.2 Å². The van der Waals surface area contributed by atoms with Crippen molar-refractivity contribution in [2.75, 3.05) is 49.6 Å². The molecule has 2 aliphatic heterocycles. The van der Waals surface area contributed by atoms with Crippen LogP contribution in [-0.4, -0.2) is 59.0 Å². The summed E-state index contributed by atoms with van der Waals surface area (Å²) in [5.74, 6) is -0.451. The fraction of sp³-hybridized carbons (Fsp3) is 0.458. The number of aryl methyl sites for hydroxylation is 1. The van der Waals surface area contributed by atoms with Gasteiger partial charge < -0.3 is 14.7 Å². The molecule has 0 spiro atoms. The maximum Gasteiger partial charge on any atom is 0.241 e. The normalized spacial score (nSPS) is 18.2. The van der Waals surface area contributed by atoms with Crippen LogP contribution in [0.3, 0.4) is 0 Å². The summed E-state index contributed by atoms with van der Waals surface area (Å²) in [6.45, 7) is 7.27. The van der Waals surface area contributed by atoms with E-state index < -0.39 is 21.9 Å². The van der Waals surface area contributed by atoms with E-state index in [-0.39, 0.29) is 10.8 Å². The number of hydrogen-bond acceptors (Lipinski definition) is 5. The number of sulfonamides is 1. The van der Waals surface area contributed by atoms with Crippen LogP contribution < -0.4 is 14.5 Å². The van der Waals surface area contributed by atoms with Crippen LogP contribution >= 0.6 is 0 Å². The number of amides is 1. The molecular weight excluding hydrogens is 443 g/mol. The Bertz CT molecular complexity index is 1150. The molecule has 2 aromatic carbocycles. The molecule has 178 valence electrons. The van der Waals surface area contributed by atoms with Crippen LogP contribution in [0.2, 0.25) is 0 Å². The number of anilines is 2. The molecule has 4 rings (SSSR count). The highest BCUT2D eigenvalue weighted by molar-refractivity contribution is 7.89. The zero-order valence-electron chi connectivity index (χ0n) is 19.3. The largest absolute Gasteiger partial charge is 0.369 e. The molecule has 2 heterocycles. The molecule has 0 bridgehead atoms. The Labute approximate surface area is 195 Å². The Morgan fingerprint density at radius 1 is 1.03 bits per heavy atom. The van der Waals surface area contributed by atoms with Crippen molar-refractivity contribution in [2.24, 2.45) is 0 Å². The van der Waals surface area contributed by atoms with E-state index in [1.165, 1.54) is 25.1 Å². The van der Waals surface area contributed by atoms with Crippen molar-refractivity contribution >= 4 is 27.3 Å². The number of piperazine rings is 1. The van der Waals surface area contributed by atoms with Crippen LogP contribution in [0.5, 0.6) is 0 Å². The zero-order valence-corrected chi connectivity index (χ0v) is 20.2. The summed E-state index contributed by atoms with van der Waals surface area (Å²) in [6.07, 6.45) is 1.51. The second kappa shape index (κ2) is 9.40. The Morgan fingerprint density at radius 3 is 2.42 bits per heavy atom. The van der Waals surface area contributed by atoms with E-state index >= 15 is 0 Å². The number of carbonyl (C=O) groups excluding carboxylic acids is 1. The van der Waals surface area contributed by atoms with Gasteiger partial charge >= 0.3 is 0 Å². The summed E-state index contributed by atoms with van der Waals surface area (Å²) in [7, 11) is -1.79. The summed E-state index contributed by atoms with van der Waals surface area (Å²) in [4.78, 5) is 18.1. The lowest BCUT2D eigenvalue weighted by molar-refractivity contribution is -0.116. The lowest BCUT2D eigenvalue weighted by Crippen LogP contribution is -2.45. The molecule has 1 N–H and O–H groups in total. The first-order chi connectivity index (χ1) is 15.7. The standard InChI is InChI=1S/C24H31FN4O3S/c1-17(22-16-20(25)6-8-24(22)28-13-11-27(3)12-14-28)26-33(31,32)21-7-9-23-19(15-21)5-4-10-29(23)18(2)30/h6-9,15-17,26H,4-5,10-14H2,1-3H3. The van der Waals surface area contributed by atoms with Gasteiger partial charge in [0.2, 0.25) is 15.9 Å². The third-order valence-corrected chi connectivity index (χ3v) is 8.03. The summed E-state index contributed by atoms with van der Waals surface area (Å²) in [6, 6.07) is 8.82. The quantitative estimate of drug-likeness (QED) is 0.722. The monoisotopic (exact) mass is 474 g/mol. The molecule has 1 amide bonds. The molecule has 9 heteroatoms. The topological polar surface area (TPSA) is 73.0 Å². The van der Waals surface area contributed by atoms with Crippen LogP contribution in [0.4, 0.5) is 15.8 Å². The molecule has 0 saturated carbocycles. The van der Waals surface area contributed by atoms with Gasteiger partial charge in [0, 0.05) is 57.1 Å². The molecule has 0 aliphatic carbocycles. The zero-order chi connectivity index (χ0) is 23.8. The number of hydrogen-bond donors (Lipinski definition) is 1. The highest BCUT2D eigenvalue weighted by Gasteiger charge is 2.26. The second-order valence-corrected chi connectivity index (χ2v) is 10.6. The summed E-state index contributed by atoms with van der Waals surface area (Å²) < 4.78 is 43.3. The minimum Gasteiger partial charge on any atom is -0.369 e. The van der Waals surface area contributed by atoms with Crippen molar-refractivity contribution in [3.63, 3.8) is 0 Å². The number of nitrogens with zero attached hydrogens (tertiary/aromatic N) is 3. The Hall–Kier alpha value is -2.49. The van der Waals surface area contributed by atoms with Crippen LogP contribution in [0.25, 0.3) is 0 Å². The van der Waals surface area contributed by atoms with Crippen molar-refractivity contribution in [1.82, 2.24) is 9.62 Å². The van der Waals surface area contributed by atoms with Crippen LogP contribution in [0.15, 0.2) is 41.3 Å². The SMILES string of the molecule is CC(=O)N1CCCc2cc(S(=O)(=O)NC(C)c3cc(F)ccc3N3CCN(C)CC3)ccc21. The number of nitrogens with one attached hydrogen (secondary N) is 1. The molecule has 2 aliphatic rings. The first-order valence-corrected chi connectivity index (χ1v) is 12.8. The first kappa shape index (κ1) is 23.7. The van der Waals surface area contributed by atoms with Gasteiger partial charge in [-0.1, -0.05) is 0 Å². The molecule has 1 saturated heterocycles. The molecule has 0 radical (unpaired) electrons. The lowest BCUT2D eigenvalue weighted by atomic mass is 10.0. The van der Waals surface area contributed by atoms with Gasteiger partial charge in [0.15, 0.2) is 0 Å². The maximum absolute atomic E-state index is 14.1. The van der Waals surface area contributed by atoms with E-state index in [1.54, 1.807) is 30.0 Å². The van der Waals surface area contributed by atoms with Gasteiger partial charge in [-0.2, -0.15) is 0 Å². The van der Waals surface area contributed by atoms with E-state index in [4.69, 9.17) is 0 Å². The smallest absolute Gasteiger partial charge is 0.241 e. The predicted octanol–water partition coefficient (Wildman–Crippen LogP) is 2.92. The highest BCUT2D eigenvalue weighted by atomic mass is 32.2. The van der Waals surface area contributed by atoms with E-state index in [0.29, 0.717) is 12.1 Å². The second-order valence-electron chi connectivity index (χ2n) is 8.90. The van der Waals surface area contributed by atoms with Gasteiger partial charge in [-0.25, -0.2) is 17.5 Å². The minimum atomic E-state index is -3.85. The molecule has 1 atom stereocenters. The number of carbonyl (C=O) groups is 1. The summed E-state index contributed by atoms with van der Waals surface area (Å²) in [5, 5.41) is 0. The van der Waals surface area contributed by atoms with Crippen molar-refractivity contribution in [1.29, 1.82) is 0 Å². The van der Waals surface area contributed by atoms with Crippen molar-refractivity contribution in [2.45, 2.75) is 37.6 Å². The maximum atomic E-state index is 14.1. The molecule has 2 aromatic rings. The molecular formula is C24H31FN4O3S. The molecule has 1 unspecified atom stereocenters. The molecule has 1 fully saturated rings. The van der Waals surface area contributed by atoms with E-state index in [1.807, 2.05) is 0 Å². The fourth-order valence-electron chi connectivity index (χ4n) is 4.64. The minimum absolute atomic E-state index is 0.0548. The van der Waals surface area contributed by atoms with Crippen molar-refractivity contribution in [3.8, 4) is 0 Å². The Balaban J connectivity index is 1.59. The number of fused-ring (bicyclic) bond motifs is 1. The Kier molecular flexibility index (Phi) is 6.74. The van der Waals surface area contributed by atoms with E-state index in [9.17, 15) is 17.6 Å². The Morgan fingerprint density at radius 2 is 1.73 bits per heavy atom. The third-order valence-electron chi connectivity index (χ3n) is 6.49. The first-order valence-electron chi connectivity index (χ1n) is 11.3. The van der Waals surface area contributed by atoms with Crippen molar-refractivity contribution < 1.29 is 17.6 Å². The van der Waals surface area contributed by atoms with Gasteiger partial charge in [0.1, 0.15) is 5.82 Å². The third kappa shape index (κ3) is 5.05. The van der Waals surface area contributed by atoms with Crippen LogP contribution in [0.1, 0.15) is 37.4 Å². The lowest BCUT2D eigenvalue weighted by Gasteiger charge is -2.36. The summed E-state index contributed by atoms with van der Waals surface area (Å²) >= 11 is 0.